The van der Waals surface area contributed by atoms with Crippen molar-refractivity contribution in [3.05, 3.63) is 65.3 Å². The van der Waals surface area contributed by atoms with Crippen molar-refractivity contribution >= 4 is 23.4 Å². The molecule has 0 unspecified atom stereocenters. The lowest BCUT2D eigenvalue weighted by molar-refractivity contribution is 1.11. The lowest BCUT2D eigenvalue weighted by Crippen LogP contribution is -2.02. The Bertz CT molecular complexity index is 818. The molecular weight excluding hydrogens is 300 g/mol. The van der Waals surface area contributed by atoms with Crippen molar-refractivity contribution in [2.75, 3.05) is 0 Å². The van der Waals surface area contributed by atoms with Gasteiger partial charge in [-0.25, -0.2) is 9.97 Å². The summed E-state index contributed by atoms with van der Waals surface area (Å²) < 4.78 is 0. The van der Waals surface area contributed by atoms with Crippen LogP contribution in [0.25, 0.3) is 22.6 Å². The zero-order valence-electron chi connectivity index (χ0n) is 11.1. The second-order valence-corrected chi connectivity index (χ2v) is 6.32. The molecule has 0 spiro atoms. The molecule has 4 heteroatoms. The van der Waals surface area contributed by atoms with Crippen LogP contribution in [-0.4, -0.2) is 9.97 Å². The number of benzene rings is 2. The number of thioether (sulfide) groups is 1. The van der Waals surface area contributed by atoms with Crippen LogP contribution in [0.4, 0.5) is 0 Å². The quantitative estimate of drug-likeness (QED) is 0.627. The van der Waals surface area contributed by atoms with E-state index in [2.05, 4.69) is 4.98 Å². The number of aromatic nitrogens is 2. The molecule has 0 fully saturated rings. The summed E-state index contributed by atoms with van der Waals surface area (Å²) in [4.78, 5) is 10.5. The highest BCUT2D eigenvalue weighted by Gasteiger charge is 2.19. The van der Waals surface area contributed by atoms with Crippen LogP contribution in [0.1, 0.15) is 5.56 Å². The third-order valence-electron chi connectivity index (χ3n) is 3.48. The summed E-state index contributed by atoms with van der Waals surface area (Å²) in [7, 11) is 0. The Kier molecular flexibility index (Phi) is 3.17. The third-order valence-corrected chi connectivity index (χ3v) is 4.82. The Balaban J connectivity index is 1.88. The van der Waals surface area contributed by atoms with Gasteiger partial charge in [0.2, 0.25) is 0 Å². The SMILES string of the molecule is Clc1ccc2c(c1)SCc1cnc(-c3ccccc3)nc1-2. The lowest BCUT2D eigenvalue weighted by atomic mass is 10.1. The maximum atomic E-state index is 6.08. The maximum absolute atomic E-state index is 6.08. The number of fused-ring (bicyclic) bond motifs is 3. The highest BCUT2D eigenvalue weighted by molar-refractivity contribution is 7.98. The lowest BCUT2D eigenvalue weighted by Gasteiger charge is -2.18. The summed E-state index contributed by atoms with van der Waals surface area (Å²) in [6.07, 6.45) is 1.94. The van der Waals surface area contributed by atoms with E-state index < -0.39 is 0 Å². The van der Waals surface area contributed by atoms with Gasteiger partial charge in [0, 0.05) is 38.6 Å². The fraction of sp³-hybridized carbons (Fsp3) is 0.0588. The zero-order chi connectivity index (χ0) is 14.2. The molecule has 0 radical (unpaired) electrons. The van der Waals surface area contributed by atoms with Gasteiger partial charge in [-0.15, -0.1) is 11.8 Å². The normalized spacial score (nSPS) is 12.6. The highest BCUT2D eigenvalue weighted by Crippen LogP contribution is 2.41. The standard InChI is InChI=1S/C17H11ClN2S/c18-13-6-7-14-15(8-13)21-10-12-9-19-17(20-16(12)14)11-4-2-1-3-5-11/h1-9H,10H2. The molecule has 2 nitrogen and oxygen atoms in total. The first-order chi connectivity index (χ1) is 10.3. The summed E-state index contributed by atoms with van der Waals surface area (Å²) in [6.45, 7) is 0. The van der Waals surface area contributed by atoms with Crippen LogP contribution in [0, 0.1) is 0 Å². The van der Waals surface area contributed by atoms with Crippen LogP contribution >= 0.6 is 23.4 Å². The average Bonchev–Trinajstić information content (AvgIpc) is 2.54. The molecule has 0 bridgehead atoms. The van der Waals surface area contributed by atoms with E-state index in [0.29, 0.717) is 0 Å². The fourth-order valence-corrected chi connectivity index (χ4v) is 3.73. The molecule has 0 saturated heterocycles. The third kappa shape index (κ3) is 2.33. The van der Waals surface area contributed by atoms with Crippen LogP contribution in [0.3, 0.4) is 0 Å². The largest absolute Gasteiger partial charge is 0.236 e. The summed E-state index contributed by atoms with van der Waals surface area (Å²) in [5, 5.41) is 0.766. The number of halogens is 1. The summed E-state index contributed by atoms with van der Waals surface area (Å²) in [5.74, 6) is 1.65. The van der Waals surface area contributed by atoms with Gasteiger partial charge in [-0.05, 0) is 12.1 Å². The second-order valence-electron chi connectivity index (χ2n) is 4.86. The summed E-state index contributed by atoms with van der Waals surface area (Å²) in [5.41, 5.74) is 4.38. The van der Waals surface area contributed by atoms with Gasteiger partial charge in [0.05, 0.1) is 5.69 Å². The van der Waals surface area contributed by atoms with E-state index in [1.807, 2.05) is 54.7 Å². The predicted molar refractivity (Wildman–Crippen MR) is 87.5 cm³/mol. The zero-order valence-corrected chi connectivity index (χ0v) is 12.7. The predicted octanol–water partition coefficient (Wildman–Crippen LogP) is 5.07. The summed E-state index contributed by atoms with van der Waals surface area (Å²) in [6, 6.07) is 16.0. The average molecular weight is 311 g/mol. The van der Waals surface area contributed by atoms with Crippen LogP contribution in [-0.2, 0) is 5.75 Å². The Morgan fingerprint density at radius 2 is 1.90 bits per heavy atom. The number of rotatable bonds is 1. The van der Waals surface area contributed by atoms with Crippen molar-refractivity contribution in [3.8, 4) is 22.6 Å². The van der Waals surface area contributed by atoms with Crippen molar-refractivity contribution in [2.45, 2.75) is 10.6 Å². The molecule has 0 N–H and O–H groups in total. The van der Waals surface area contributed by atoms with Gasteiger partial charge < -0.3 is 0 Å². The minimum absolute atomic E-state index is 0.766. The van der Waals surface area contributed by atoms with Gasteiger partial charge in [0.15, 0.2) is 5.82 Å². The Morgan fingerprint density at radius 1 is 1.05 bits per heavy atom. The first-order valence-corrected chi connectivity index (χ1v) is 8.02. The van der Waals surface area contributed by atoms with Crippen molar-refractivity contribution in [1.82, 2.24) is 9.97 Å². The molecule has 4 rings (SSSR count). The molecule has 2 aromatic carbocycles. The van der Waals surface area contributed by atoms with E-state index in [1.54, 1.807) is 11.8 Å². The Morgan fingerprint density at radius 3 is 2.76 bits per heavy atom. The molecular formula is C17H11ClN2S. The molecule has 1 aromatic heterocycles. The van der Waals surface area contributed by atoms with E-state index in [0.717, 1.165) is 33.4 Å². The van der Waals surface area contributed by atoms with Gasteiger partial charge >= 0.3 is 0 Å². The first kappa shape index (κ1) is 12.9. The topological polar surface area (TPSA) is 25.8 Å². The molecule has 0 saturated carbocycles. The van der Waals surface area contributed by atoms with Gasteiger partial charge in [-0.2, -0.15) is 0 Å². The Hall–Kier alpha value is -1.84. The molecule has 0 amide bonds. The van der Waals surface area contributed by atoms with Crippen LogP contribution in [0.5, 0.6) is 0 Å². The second kappa shape index (κ2) is 5.17. The molecule has 0 atom stereocenters. The van der Waals surface area contributed by atoms with Crippen molar-refractivity contribution in [3.63, 3.8) is 0 Å². The van der Waals surface area contributed by atoms with E-state index in [-0.39, 0.29) is 0 Å². The number of hydrogen-bond donors (Lipinski definition) is 0. The molecule has 0 aliphatic carbocycles. The summed E-state index contributed by atoms with van der Waals surface area (Å²) >= 11 is 7.87. The van der Waals surface area contributed by atoms with Crippen molar-refractivity contribution in [2.24, 2.45) is 0 Å². The van der Waals surface area contributed by atoms with Crippen LogP contribution < -0.4 is 0 Å². The molecule has 1 aliphatic rings. The van der Waals surface area contributed by atoms with Crippen molar-refractivity contribution in [1.29, 1.82) is 0 Å². The number of hydrogen-bond acceptors (Lipinski definition) is 3. The minimum Gasteiger partial charge on any atom is -0.236 e. The molecule has 3 aromatic rings. The molecule has 21 heavy (non-hydrogen) atoms. The fourth-order valence-electron chi connectivity index (χ4n) is 2.44. The number of nitrogens with zero attached hydrogens (tertiary/aromatic N) is 2. The van der Waals surface area contributed by atoms with Crippen LogP contribution in [0.2, 0.25) is 5.02 Å². The van der Waals surface area contributed by atoms with E-state index in [4.69, 9.17) is 16.6 Å². The van der Waals surface area contributed by atoms with Gasteiger partial charge in [-0.3, -0.25) is 0 Å². The maximum Gasteiger partial charge on any atom is 0.159 e. The molecule has 2 heterocycles. The van der Waals surface area contributed by atoms with E-state index in [1.165, 1.54) is 10.5 Å². The highest BCUT2D eigenvalue weighted by atomic mass is 35.5. The van der Waals surface area contributed by atoms with Crippen LogP contribution in [0.15, 0.2) is 59.6 Å². The van der Waals surface area contributed by atoms with Gasteiger partial charge in [0.1, 0.15) is 0 Å². The van der Waals surface area contributed by atoms with Crippen molar-refractivity contribution < 1.29 is 0 Å². The van der Waals surface area contributed by atoms with E-state index in [9.17, 15) is 0 Å². The Labute approximate surface area is 132 Å². The smallest absolute Gasteiger partial charge is 0.159 e. The van der Waals surface area contributed by atoms with Gasteiger partial charge in [-0.1, -0.05) is 48.0 Å². The monoisotopic (exact) mass is 310 g/mol. The van der Waals surface area contributed by atoms with Gasteiger partial charge in [0.25, 0.3) is 0 Å². The molecule has 1 aliphatic heterocycles. The van der Waals surface area contributed by atoms with E-state index >= 15 is 0 Å². The minimum atomic E-state index is 0.766. The first-order valence-electron chi connectivity index (χ1n) is 6.65. The molecule has 102 valence electrons.